The number of hydrogen-bond acceptors (Lipinski definition) is 3. The highest BCUT2D eigenvalue weighted by Crippen LogP contribution is 2.26. The van der Waals surface area contributed by atoms with Crippen molar-refractivity contribution in [2.24, 2.45) is 11.8 Å². The van der Waals surface area contributed by atoms with E-state index in [0.29, 0.717) is 10.5 Å². The van der Waals surface area contributed by atoms with E-state index in [1.165, 1.54) is 0 Å². The third-order valence-corrected chi connectivity index (χ3v) is 4.03. The van der Waals surface area contributed by atoms with Crippen LogP contribution in [0.4, 0.5) is 0 Å². The molecule has 0 radical (unpaired) electrons. The first kappa shape index (κ1) is 13.4. The van der Waals surface area contributed by atoms with Gasteiger partial charge in [0.15, 0.2) is 0 Å². The van der Waals surface area contributed by atoms with Crippen molar-refractivity contribution in [2.75, 3.05) is 13.1 Å². The molecule has 1 saturated heterocycles. The van der Waals surface area contributed by atoms with Crippen molar-refractivity contribution in [3.8, 4) is 6.07 Å². The Hall–Kier alpha value is -0.690. The van der Waals surface area contributed by atoms with Crippen LogP contribution < -0.4 is 0 Å². The van der Waals surface area contributed by atoms with Crippen molar-refractivity contribution in [1.29, 1.82) is 5.26 Å². The van der Waals surface area contributed by atoms with Crippen LogP contribution in [0.3, 0.4) is 0 Å². The second-order valence-corrected chi connectivity index (χ2v) is 6.73. The van der Waals surface area contributed by atoms with Gasteiger partial charge in [-0.2, -0.15) is 17.0 Å². The van der Waals surface area contributed by atoms with E-state index in [2.05, 4.69) is 19.9 Å². The molecular formula is C12H20N2OS. The molecule has 4 heteroatoms. The Kier molecular flexibility index (Phi) is 4.67. The summed E-state index contributed by atoms with van der Waals surface area (Å²) in [4.78, 5) is 14.0. The highest BCUT2D eigenvalue weighted by Gasteiger charge is 2.31. The largest absolute Gasteiger partial charge is 0.339 e. The number of rotatable bonds is 2. The molecule has 0 aromatic rings. The van der Waals surface area contributed by atoms with Crippen molar-refractivity contribution in [1.82, 2.24) is 4.90 Å². The average Bonchev–Trinajstić information content (AvgIpc) is 2.16. The Morgan fingerprint density at radius 3 is 2.25 bits per heavy atom. The van der Waals surface area contributed by atoms with E-state index >= 15 is 0 Å². The topological polar surface area (TPSA) is 44.1 Å². The van der Waals surface area contributed by atoms with Gasteiger partial charge in [0.25, 0.3) is 0 Å². The van der Waals surface area contributed by atoms with Crippen LogP contribution in [0.5, 0.6) is 0 Å². The van der Waals surface area contributed by atoms with Crippen molar-refractivity contribution in [3.63, 3.8) is 0 Å². The Balaban J connectivity index is 2.69. The molecular weight excluding hydrogens is 220 g/mol. The Morgan fingerprint density at radius 2 is 1.88 bits per heavy atom. The van der Waals surface area contributed by atoms with E-state index in [4.69, 9.17) is 5.26 Å². The minimum Gasteiger partial charge on any atom is -0.339 e. The third kappa shape index (κ3) is 3.15. The van der Waals surface area contributed by atoms with Crippen LogP contribution in [0.15, 0.2) is 0 Å². The fraction of sp³-hybridized carbons (Fsp3) is 0.833. The lowest BCUT2D eigenvalue weighted by atomic mass is 9.96. The van der Waals surface area contributed by atoms with Crippen LogP contribution in [0.1, 0.15) is 27.7 Å². The second kappa shape index (κ2) is 5.58. The van der Waals surface area contributed by atoms with E-state index < -0.39 is 5.92 Å². The molecule has 3 nitrogen and oxygen atoms in total. The Bertz CT molecular complexity index is 288. The summed E-state index contributed by atoms with van der Waals surface area (Å²) in [7, 11) is 0. The van der Waals surface area contributed by atoms with Gasteiger partial charge >= 0.3 is 0 Å². The van der Waals surface area contributed by atoms with Gasteiger partial charge < -0.3 is 4.90 Å². The predicted molar refractivity (Wildman–Crippen MR) is 67.0 cm³/mol. The van der Waals surface area contributed by atoms with Crippen LogP contribution in [0.2, 0.25) is 0 Å². The first-order chi connectivity index (χ1) is 7.45. The molecule has 0 bridgehead atoms. The monoisotopic (exact) mass is 240 g/mol. The molecule has 0 aromatic heterocycles. The summed E-state index contributed by atoms with van der Waals surface area (Å²) in [6.07, 6.45) is 0. The highest BCUT2D eigenvalue weighted by molar-refractivity contribution is 8.00. The number of hydrogen-bond donors (Lipinski definition) is 0. The summed E-state index contributed by atoms with van der Waals surface area (Å²) in [6.45, 7) is 9.68. The zero-order valence-corrected chi connectivity index (χ0v) is 11.3. The molecule has 0 aliphatic carbocycles. The lowest BCUT2D eigenvalue weighted by Gasteiger charge is -2.36. The van der Waals surface area contributed by atoms with Gasteiger partial charge in [0, 0.05) is 23.6 Å². The molecule has 0 N–H and O–H groups in total. The maximum atomic E-state index is 12.2. The summed E-state index contributed by atoms with van der Waals surface area (Å²) in [5.41, 5.74) is 0. The Labute approximate surface area is 102 Å². The van der Waals surface area contributed by atoms with Gasteiger partial charge in [0.1, 0.15) is 5.92 Å². The van der Waals surface area contributed by atoms with Crippen LogP contribution in [0, 0.1) is 23.2 Å². The maximum Gasteiger partial charge on any atom is 0.240 e. The molecule has 16 heavy (non-hydrogen) atoms. The van der Waals surface area contributed by atoms with Crippen LogP contribution >= 0.6 is 11.8 Å². The first-order valence-corrected chi connectivity index (χ1v) is 6.73. The molecule has 90 valence electrons. The smallest absolute Gasteiger partial charge is 0.240 e. The van der Waals surface area contributed by atoms with Crippen LogP contribution in [0.25, 0.3) is 0 Å². The van der Waals surface area contributed by atoms with Gasteiger partial charge in [-0.15, -0.1) is 0 Å². The molecule has 1 amide bonds. The summed E-state index contributed by atoms with van der Waals surface area (Å²) >= 11 is 1.91. The van der Waals surface area contributed by atoms with Gasteiger partial charge in [-0.05, 0) is 5.92 Å². The highest BCUT2D eigenvalue weighted by atomic mass is 32.2. The molecule has 1 fully saturated rings. The minimum absolute atomic E-state index is 0.0106. The van der Waals surface area contributed by atoms with E-state index in [-0.39, 0.29) is 11.8 Å². The van der Waals surface area contributed by atoms with E-state index in [1.54, 1.807) is 0 Å². The van der Waals surface area contributed by atoms with Gasteiger partial charge in [0.05, 0.1) is 6.07 Å². The molecule has 1 heterocycles. The molecule has 0 spiro atoms. The molecule has 3 unspecified atom stereocenters. The average molecular weight is 240 g/mol. The second-order valence-electron chi connectivity index (χ2n) is 4.85. The van der Waals surface area contributed by atoms with Gasteiger partial charge in [-0.1, -0.05) is 27.7 Å². The SMILES string of the molecule is CC1CN(C(=O)C(C#N)C(C)C)CC(C)S1. The molecule has 0 saturated carbocycles. The zero-order valence-electron chi connectivity index (χ0n) is 10.4. The molecule has 1 aliphatic heterocycles. The minimum atomic E-state index is -0.484. The first-order valence-electron chi connectivity index (χ1n) is 5.79. The van der Waals surface area contributed by atoms with Crippen molar-refractivity contribution in [2.45, 2.75) is 38.2 Å². The number of thioether (sulfide) groups is 1. The predicted octanol–water partition coefficient (Wildman–Crippen LogP) is 2.13. The van der Waals surface area contributed by atoms with Gasteiger partial charge in [-0.3, -0.25) is 4.79 Å². The molecule has 3 atom stereocenters. The number of nitrogens with zero attached hydrogens (tertiary/aromatic N) is 2. The van der Waals surface area contributed by atoms with E-state index in [0.717, 1.165) is 13.1 Å². The van der Waals surface area contributed by atoms with Crippen LogP contribution in [-0.4, -0.2) is 34.4 Å². The molecule has 1 rings (SSSR count). The number of nitriles is 1. The summed E-state index contributed by atoms with van der Waals surface area (Å²) in [5.74, 6) is -0.378. The zero-order chi connectivity index (χ0) is 12.3. The lowest BCUT2D eigenvalue weighted by molar-refractivity contribution is -0.135. The Morgan fingerprint density at radius 1 is 1.38 bits per heavy atom. The molecule has 0 aromatic carbocycles. The molecule has 1 aliphatic rings. The van der Waals surface area contributed by atoms with E-state index in [1.807, 2.05) is 30.5 Å². The quantitative estimate of drug-likeness (QED) is 0.742. The van der Waals surface area contributed by atoms with Crippen LogP contribution in [-0.2, 0) is 4.79 Å². The van der Waals surface area contributed by atoms with Crippen molar-refractivity contribution < 1.29 is 4.79 Å². The van der Waals surface area contributed by atoms with E-state index in [9.17, 15) is 4.79 Å². The third-order valence-electron chi connectivity index (χ3n) is 2.80. The number of carbonyl (C=O) groups is 1. The normalized spacial score (nSPS) is 27.6. The number of amides is 1. The lowest BCUT2D eigenvalue weighted by Crippen LogP contribution is -2.47. The van der Waals surface area contributed by atoms with Gasteiger partial charge in [-0.25, -0.2) is 0 Å². The maximum absolute atomic E-state index is 12.2. The van der Waals surface area contributed by atoms with Gasteiger partial charge in [0.2, 0.25) is 5.91 Å². The summed E-state index contributed by atoms with van der Waals surface area (Å²) < 4.78 is 0. The fourth-order valence-corrected chi connectivity index (χ4v) is 3.37. The van der Waals surface area contributed by atoms with Crippen molar-refractivity contribution >= 4 is 17.7 Å². The fourth-order valence-electron chi connectivity index (χ4n) is 2.04. The summed E-state index contributed by atoms with van der Waals surface area (Å²) in [6, 6.07) is 2.13. The standard InChI is InChI=1S/C12H20N2OS/c1-8(2)11(5-13)12(15)14-6-9(3)16-10(4)7-14/h8-11H,6-7H2,1-4H3. The number of carbonyl (C=O) groups excluding carboxylic acids is 1. The van der Waals surface area contributed by atoms with Crippen molar-refractivity contribution in [3.05, 3.63) is 0 Å². The summed E-state index contributed by atoms with van der Waals surface area (Å²) in [5, 5.41) is 9.97.